The number of benzene rings is 2. The molecule has 2 aromatic carbocycles. The molecule has 0 atom stereocenters. The minimum Gasteiger partial charge on any atom is -0.508 e. The van der Waals surface area contributed by atoms with Gasteiger partial charge < -0.3 is 9.63 Å². The van der Waals surface area contributed by atoms with E-state index in [9.17, 15) is 5.11 Å². The van der Waals surface area contributed by atoms with Crippen LogP contribution in [0.1, 0.15) is 22.2 Å². The van der Waals surface area contributed by atoms with Crippen molar-refractivity contribution in [2.45, 2.75) is 6.92 Å². The van der Waals surface area contributed by atoms with Gasteiger partial charge in [0.25, 0.3) is 5.89 Å². The van der Waals surface area contributed by atoms with Crippen molar-refractivity contribution in [3.8, 4) is 17.1 Å². The van der Waals surface area contributed by atoms with Crippen LogP contribution in [0.4, 0.5) is 0 Å². The molecule has 27 heavy (non-hydrogen) atoms. The summed E-state index contributed by atoms with van der Waals surface area (Å²) >= 11 is 7.49. The van der Waals surface area contributed by atoms with E-state index >= 15 is 0 Å². The van der Waals surface area contributed by atoms with Crippen LogP contribution in [0.3, 0.4) is 0 Å². The summed E-state index contributed by atoms with van der Waals surface area (Å²) in [5.41, 5.74) is 3.37. The van der Waals surface area contributed by atoms with Gasteiger partial charge in [-0.05, 0) is 55.0 Å². The molecule has 2 heterocycles. The minimum atomic E-state index is 0.184. The number of aromatic hydroxyl groups is 1. The number of hydrogen-bond acceptors (Lipinski definition) is 6. The third kappa shape index (κ3) is 3.92. The number of phenols is 1. The van der Waals surface area contributed by atoms with Crippen molar-refractivity contribution >= 4 is 34.6 Å². The number of halogens is 1. The Balaban J connectivity index is 1.77. The Labute approximate surface area is 164 Å². The Morgan fingerprint density at radius 3 is 2.48 bits per heavy atom. The van der Waals surface area contributed by atoms with Crippen molar-refractivity contribution in [2.24, 2.45) is 0 Å². The lowest BCUT2D eigenvalue weighted by molar-refractivity contribution is 0.409. The summed E-state index contributed by atoms with van der Waals surface area (Å²) < 4.78 is 5.52. The van der Waals surface area contributed by atoms with Gasteiger partial charge in [0, 0.05) is 21.7 Å². The van der Waals surface area contributed by atoms with Crippen LogP contribution in [0.2, 0.25) is 5.02 Å². The molecular weight excluding hydrogens is 382 g/mol. The average Bonchev–Trinajstić information content (AvgIpc) is 3.31. The first kappa shape index (κ1) is 17.5. The fraction of sp³-hybridized carbons (Fsp3) is 0.0500. The first-order valence-electron chi connectivity index (χ1n) is 8.12. The standard InChI is InChI=1S/C20H14ClN3O2S/c1-12-11-27-20(22-12)17(10-13-2-6-15(21)7-3-13)19-23-18(24-26-19)14-4-8-16(25)9-5-14/h2-11,25H,1H3. The first-order valence-corrected chi connectivity index (χ1v) is 9.37. The lowest BCUT2D eigenvalue weighted by Crippen LogP contribution is -1.89. The number of hydrogen-bond donors (Lipinski definition) is 1. The molecule has 5 nitrogen and oxygen atoms in total. The van der Waals surface area contributed by atoms with Crippen LogP contribution in [0.15, 0.2) is 58.4 Å². The Morgan fingerprint density at radius 1 is 1.07 bits per heavy atom. The molecular formula is C20H14ClN3O2S. The molecule has 1 N–H and O–H groups in total. The van der Waals surface area contributed by atoms with E-state index in [0.29, 0.717) is 16.7 Å². The number of phenolic OH excluding ortho intramolecular Hbond substituents is 1. The average molecular weight is 396 g/mol. The van der Waals surface area contributed by atoms with Gasteiger partial charge in [-0.1, -0.05) is 28.9 Å². The smallest absolute Gasteiger partial charge is 0.261 e. The van der Waals surface area contributed by atoms with Gasteiger partial charge in [0.15, 0.2) is 0 Å². The van der Waals surface area contributed by atoms with Crippen LogP contribution >= 0.6 is 22.9 Å². The van der Waals surface area contributed by atoms with Crippen LogP contribution in [-0.2, 0) is 0 Å². The Bertz CT molecular complexity index is 1100. The second-order valence-electron chi connectivity index (χ2n) is 5.87. The zero-order valence-corrected chi connectivity index (χ0v) is 15.8. The summed E-state index contributed by atoms with van der Waals surface area (Å²) in [6, 6.07) is 14.1. The highest BCUT2D eigenvalue weighted by molar-refractivity contribution is 7.11. The highest BCUT2D eigenvalue weighted by Gasteiger charge is 2.17. The molecule has 7 heteroatoms. The fourth-order valence-electron chi connectivity index (χ4n) is 2.48. The van der Waals surface area contributed by atoms with Gasteiger partial charge >= 0.3 is 0 Å². The normalized spacial score (nSPS) is 11.7. The zero-order chi connectivity index (χ0) is 18.8. The number of aryl methyl sites for hydroxylation is 1. The Hall–Kier alpha value is -2.96. The lowest BCUT2D eigenvalue weighted by Gasteiger charge is -2.00. The number of rotatable bonds is 4. The molecule has 0 saturated heterocycles. The molecule has 0 aliphatic rings. The molecule has 0 radical (unpaired) electrons. The molecule has 0 aliphatic carbocycles. The number of aromatic nitrogens is 3. The largest absolute Gasteiger partial charge is 0.508 e. The molecule has 0 amide bonds. The van der Waals surface area contributed by atoms with Crippen molar-refractivity contribution in [3.05, 3.63) is 81.1 Å². The molecule has 0 saturated carbocycles. The fourth-order valence-corrected chi connectivity index (χ4v) is 3.41. The van der Waals surface area contributed by atoms with Crippen LogP contribution in [0, 0.1) is 6.92 Å². The lowest BCUT2D eigenvalue weighted by atomic mass is 10.1. The molecule has 2 aromatic heterocycles. The SMILES string of the molecule is Cc1csc(C(=Cc2ccc(Cl)cc2)c2nc(-c3ccc(O)cc3)no2)n1. The van der Waals surface area contributed by atoms with Crippen molar-refractivity contribution in [1.29, 1.82) is 0 Å². The van der Waals surface area contributed by atoms with Gasteiger partial charge in [0.05, 0.1) is 5.57 Å². The van der Waals surface area contributed by atoms with Crippen molar-refractivity contribution in [3.63, 3.8) is 0 Å². The third-order valence-electron chi connectivity index (χ3n) is 3.81. The van der Waals surface area contributed by atoms with Crippen LogP contribution in [0.5, 0.6) is 5.75 Å². The summed E-state index contributed by atoms with van der Waals surface area (Å²) in [6.07, 6.45) is 1.95. The van der Waals surface area contributed by atoms with E-state index in [4.69, 9.17) is 16.1 Å². The van der Waals surface area contributed by atoms with E-state index in [1.807, 2.05) is 42.6 Å². The van der Waals surface area contributed by atoms with Gasteiger partial charge in [-0.15, -0.1) is 11.3 Å². The number of nitrogens with zero attached hydrogens (tertiary/aromatic N) is 3. The first-order chi connectivity index (χ1) is 13.1. The number of thiazole rings is 1. The summed E-state index contributed by atoms with van der Waals surface area (Å²) in [7, 11) is 0. The quantitative estimate of drug-likeness (QED) is 0.497. The Morgan fingerprint density at radius 2 is 1.81 bits per heavy atom. The maximum Gasteiger partial charge on any atom is 0.261 e. The second-order valence-corrected chi connectivity index (χ2v) is 7.17. The monoisotopic (exact) mass is 395 g/mol. The van der Waals surface area contributed by atoms with Crippen molar-refractivity contribution in [2.75, 3.05) is 0 Å². The maximum absolute atomic E-state index is 9.44. The predicted octanol–water partition coefficient (Wildman–Crippen LogP) is 5.45. The van der Waals surface area contributed by atoms with Crippen LogP contribution in [-0.4, -0.2) is 20.2 Å². The predicted molar refractivity (Wildman–Crippen MR) is 107 cm³/mol. The zero-order valence-electron chi connectivity index (χ0n) is 14.3. The van der Waals surface area contributed by atoms with Gasteiger partial charge in [-0.3, -0.25) is 0 Å². The van der Waals surface area contributed by atoms with E-state index in [0.717, 1.165) is 27.4 Å². The highest BCUT2D eigenvalue weighted by Crippen LogP contribution is 2.29. The van der Waals surface area contributed by atoms with E-state index in [1.165, 1.54) is 11.3 Å². The molecule has 0 unspecified atom stereocenters. The van der Waals surface area contributed by atoms with E-state index in [2.05, 4.69) is 15.1 Å². The van der Waals surface area contributed by atoms with Gasteiger partial charge in [0.2, 0.25) is 5.82 Å². The highest BCUT2D eigenvalue weighted by atomic mass is 35.5. The summed E-state index contributed by atoms with van der Waals surface area (Å²) in [4.78, 5) is 9.08. The summed E-state index contributed by atoms with van der Waals surface area (Å²) in [5.74, 6) is 1.01. The van der Waals surface area contributed by atoms with E-state index in [1.54, 1.807) is 24.3 Å². The van der Waals surface area contributed by atoms with E-state index < -0.39 is 0 Å². The van der Waals surface area contributed by atoms with Crippen LogP contribution in [0.25, 0.3) is 23.0 Å². The topological polar surface area (TPSA) is 72.0 Å². The Kier molecular flexibility index (Phi) is 4.75. The molecule has 4 rings (SSSR count). The molecule has 0 fully saturated rings. The molecule has 4 aromatic rings. The molecule has 0 spiro atoms. The van der Waals surface area contributed by atoms with Gasteiger partial charge in [-0.2, -0.15) is 4.98 Å². The maximum atomic E-state index is 9.44. The third-order valence-corrected chi connectivity index (χ3v) is 5.06. The molecule has 0 aliphatic heterocycles. The summed E-state index contributed by atoms with van der Waals surface area (Å²) in [6.45, 7) is 1.94. The summed E-state index contributed by atoms with van der Waals surface area (Å²) in [5, 5.41) is 17.0. The molecule has 134 valence electrons. The minimum absolute atomic E-state index is 0.184. The van der Waals surface area contributed by atoms with Crippen molar-refractivity contribution in [1.82, 2.24) is 15.1 Å². The van der Waals surface area contributed by atoms with Crippen molar-refractivity contribution < 1.29 is 9.63 Å². The second kappa shape index (κ2) is 7.34. The molecule has 0 bridgehead atoms. The van der Waals surface area contributed by atoms with E-state index in [-0.39, 0.29) is 5.75 Å². The van der Waals surface area contributed by atoms with Gasteiger partial charge in [-0.25, -0.2) is 4.98 Å². The van der Waals surface area contributed by atoms with Gasteiger partial charge in [0.1, 0.15) is 10.8 Å². The van der Waals surface area contributed by atoms with Crippen LogP contribution < -0.4 is 0 Å².